The zero-order valence-electron chi connectivity index (χ0n) is 9.38. The molecule has 9 heteroatoms. The van der Waals surface area contributed by atoms with Gasteiger partial charge in [-0.05, 0) is 46.5 Å². The monoisotopic (exact) mass is 450 g/mol. The second-order valence-electron chi connectivity index (χ2n) is 3.51. The first kappa shape index (κ1) is 16.1. The molecule has 0 N–H and O–H groups in total. The Bertz CT molecular complexity index is 612. The van der Waals surface area contributed by atoms with E-state index in [0.717, 1.165) is 0 Å². The predicted octanol–water partition coefficient (Wildman–Crippen LogP) is 5.67. The normalized spacial score (nSPS) is 11.7. The van der Waals surface area contributed by atoms with E-state index in [-0.39, 0.29) is 32.8 Å². The minimum absolute atomic E-state index is 0.0870. The molecular formula is C11H4Cl2F3IN2S. The Balaban J connectivity index is 2.31. The third-order valence-corrected chi connectivity index (χ3v) is 5.06. The fourth-order valence-corrected chi connectivity index (χ4v) is 2.50. The van der Waals surface area contributed by atoms with E-state index in [4.69, 9.17) is 23.2 Å². The fraction of sp³-hybridized carbons (Fsp3) is 0.0909. The van der Waals surface area contributed by atoms with Gasteiger partial charge in [0.2, 0.25) is 0 Å². The first-order valence-electron chi connectivity index (χ1n) is 5.01. The number of hydrogen-bond donors (Lipinski definition) is 0. The molecule has 0 radical (unpaired) electrons. The number of nitrogens with zero attached hydrogens (tertiary/aromatic N) is 2. The molecule has 1 heterocycles. The van der Waals surface area contributed by atoms with Crippen molar-refractivity contribution in [3.05, 3.63) is 38.1 Å². The molecule has 0 aliphatic carbocycles. The van der Waals surface area contributed by atoms with Crippen LogP contribution in [0.25, 0.3) is 11.4 Å². The van der Waals surface area contributed by atoms with Crippen LogP contribution in [-0.2, 0) is 0 Å². The van der Waals surface area contributed by atoms with Crippen molar-refractivity contribution in [3.8, 4) is 11.4 Å². The van der Waals surface area contributed by atoms with Gasteiger partial charge in [0.1, 0.15) is 10.3 Å². The number of halogens is 6. The van der Waals surface area contributed by atoms with Crippen LogP contribution in [0.15, 0.2) is 29.2 Å². The van der Waals surface area contributed by atoms with Gasteiger partial charge in [-0.2, -0.15) is 13.2 Å². The molecule has 0 atom stereocenters. The largest absolute Gasteiger partial charge is 0.446 e. The summed E-state index contributed by atoms with van der Waals surface area (Å²) in [6, 6.07) is 5.67. The topological polar surface area (TPSA) is 25.8 Å². The SMILES string of the molecule is FC(F)(F)Sc1ccc(-c2nc(Cl)c(I)c(Cl)n2)cc1. The lowest BCUT2D eigenvalue weighted by Gasteiger charge is -2.07. The Morgan fingerprint density at radius 2 is 1.50 bits per heavy atom. The van der Waals surface area contributed by atoms with Gasteiger partial charge in [0.25, 0.3) is 0 Å². The molecule has 0 spiro atoms. The van der Waals surface area contributed by atoms with Crippen LogP contribution in [-0.4, -0.2) is 15.5 Å². The van der Waals surface area contributed by atoms with Crippen LogP contribution in [0.4, 0.5) is 13.2 Å². The van der Waals surface area contributed by atoms with Gasteiger partial charge in [-0.3, -0.25) is 0 Å². The number of hydrogen-bond acceptors (Lipinski definition) is 3. The van der Waals surface area contributed by atoms with Crippen LogP contribution in [0.2, 0.25) is 10.3 Å². The summed E-state index contributed by atoms with van der Waals surface area (Å²) in [4.78, 5) is 8.17. The molecule has 2 rings (SSSR count). The van der Waals surface area contributed by atoms with Gasteiger partial charge in [-0.1, -0.05) is 35.3 Å². The Labute approximate surface area is 140 Å². The van der Waals surface area contributed by atoms with Crippen LogP contribution >= 0.6 is 57.6 Å². The van der Waals surface area contributed by atoms with Crippen molar-refractivity contribution in [2.24, 2.45) is 0 Å². The molecule has 106 valence electrons. The van der Waals surface area contributed by atoms with Gasteiger partial charge in [0, 0.05) is 10.5 Å². The summed E-state index contributed by atoms with van der Waals surface area (Å²) >= 11 is 13.5. The smallest absolute Gasteiger partial charge is 0.215 e. The van der Waals surface area contributed by atoms with E-state index in [1.165, 1.54) is 24.3 Å². The second kappa shape index (κ2) is 6.25. The summed E-state index contributed by atoms with van der Waals surface area (Å²) in [6.45, 7) is 0. The van der Waals surface area contributed by atoms with Gasteiger partial charge >= 0.3 is 5.51 Å². The lowest BCUT2D eigenvalue weighted by atomic mass is 10.2. The van der Waals surface area contributed by atoms with E-state index in [2.05, 4.69) is 9.97 Å². The number of benzene rings is 1. The molecule has 20 heavy (non-hydrogen) atoms. The molecule has 0 bridgehead atoms. The van der Waals surface area contributed by atoms with Gasteiger partial charge in [-0.15, -0.1) is 0 Å². The maximum absolute atomic E-state index is 12.2. The van der Waals surface area contributed by atoms with Crippen molar-refractivity contribution in [2.45, 2.75) is 10.4 Å². The van der Waals surface area contributed by atoms with E-state index in [9.17, 15) is 13.2 Å². The van der Waals surface area contributed by atoms with Crippen molar-refractivity contribution in [2.75, 3.05) is 0 Å². The summed E-state index contributed by atoms with van der Waals surface area (Å²) in [5.41, 5.74) is -3.77. The third-order valence-electron chi connectivity index (χ3n) is 2.12. The summed E-state index contributed by atoms with van der Waals surface area (Å²) in [6.07, 6.45) is 0. The van der Waals surface area contributed by atoms with Crippen molar-refractivity contribution in [3.63, 3.8) is 0 Å². The van der Waals surface area contributed by atoms with Crippen molar-refractivity contribution in [1.29, 1.82) is 0 Å². The molecular weight excluding hydrogens is 447 g/mol. The Morgan fingerprint density at radius 3 is 1.95 bits per heavy atom. The summed E-state index contributed by atoms with van der Waals surface area (Å²) in [7, 11) is 0. The lowest BCUT2D eigenvalue weighted by molar-refractivity contribution is -0.0328. The summed E-state index contributed by atoms with van der Waals surface area (Å²) in [5.74, 6) is 0.268. The zero-order valence-corrected chi connectivity index (χ0v) is 13.9. The maximum atomic E-state index is 12.2. The van der Waals surface area contributed by atoms with Crippen LogP contribution in [0, 0.1) is 3.57 Å². The summed E-state index contributed by atoms with van der Waals surface area (Å²) < 4.78 is 37.2. The molecule has 0 saturated carbocycles. The van der Waals surface area contributed by atoms with E-state index in [0.29, 0.717) is 9.13 Å². The minimum atomic E-state index is -4.31. The molecule has 0 amide bonds. The van der Waals surface area contributed by atoms with E-state index < -0.39 is 5.51 Å². The van der Waals surface area contributed by atoms with Crippen molar-refractivity contribution >= 4 is 57.6 Å². The quantitative estimate of drug-likeness (QED) is 0.335. The Morgan fingerprint density at radius 1 is 1.00 bits per heavy atom. The highest BCUT2D eigenvalue weighted by atomic mass is 127. The van der Waals surface area contributed by atoms with Gasteiger partial charge < -0.3 is 0 Å². The lowest BCUT2D eigenvalue weighted by Crippen LogP contribution is -1.99. The average Bonchev–Trinajstić information content (AvgIpc) is 2.34. The second-order valence-corrected chi connectivity index (χ2v) is 6.45. The molecule has 0 aliphatic rings. The van der Waals surface area contributed by atoms with E-state index in [1.807, 2.05) is 22.6 Å². The Hall–Kier alpha value is -0.250. The van der Waals surface area contributed by atoms with Gasteiger partial charge in [-0.25, -0.2) is 9.97 Å². The van der Waals surface area contributed by atoms with Crippen LogP contribution in [0.5, 0.6) is 0 Å². The molecule has 2 nitrogen and oxygen atoms in total. The molecule has 1 aromatic carbocycles. The zero-order chi connectivity index (χ0) is 14.9. The molecule has 2 aromatic rings. The minimum Gasteiger partial charge on any atom is -0.215 e. The molecule has 0 aliphatic heterocycles. The maximum Gasteiger partial charge on any atom is 0.446 e. The van der Waals surface area contributed by atoms with E-state index in [1.54, 1.807) is 0 Å². The van der Waals surface area contributed by atoms with Gasteiger partial charge in [0.05, 0.1) is 3.57 Å². The molecule has 0 fully saturated rings. The highest BCUT2D eigenvalue weighted by Gasteiger charge is 2.29. The average molecular weight is 451 g/mol. The highest BCUT2D eigenvalue weighted by molar-refractivity contribution is 14.1. The molecule has 0 unspecified atom stereocenters. The number of alkyl halides is 3. The molecule has 1 aromatic heterocycles. The molecule has 0 saturated heterocycles. The van der Waals surface area contributed by atoms with Crippen LogP contribution in [0.1, 0.15) is 0 Å². The number of rotatable bonds is 2. The van der Waals surface area contributed by atoms with Gasteiger partial charge in [0.15, 0.2) is 5.82 Å². The Kier molecular flexibility index (Phi) is 5.04. The van der Waals surface area contributed by atoms with Crippen molar-refractivity contribution < 1.29 is 13.2 Å². The van der Waals surface area contributed by atoms with E-state index >= 15 is 0 Å². The number of aromatic nitrogens is 2. The standard InChI is InChI=1S/C11H4Cl2F3IN2S/c12-8-7(17)9(13)19-10(18-8)5-1-3-6(4-2-5)20-11(14,15)16/h1-4H. The summed E-state index contributed by atoms with van der Waals surface area (Å²) in [5, 5.41) is 0.406. The first-order valence-corrected chi connectivity index (χ1v) is 7.66. The first-order chi connectivity index (χ1) is 9.26. The fourth-order valence-electron chi connectivity index (χ4n) is 1.33. The van der Waals surface area contributed by atoms with Crippen LogP contribution in [0.3, 0.4) is 0 Å². The highest BCUT2D eigenvalue weighted by Crippen LogP contribution is 2.37. The number of thioether (sulfide) groups is 1. The van der Waals surface area contributed by atoms with Crippen LogP contribution < -0.4 is 0 Å². The van der Waals surface area contributed by atoms with Crippen molar-refractivity contribution in [1.82, 2.24) is 9.97 Å². The third kappa shape index (κ3) is 4.12. The predicted molar refractivity (Wildman–Crippen MR) is 82.1 cm³/mol.